The first-order valence-electron chi connectivity index (χ1n) is 13.9. The predicted molar refractivity (Wildman–Crippen MR) is 167 cm³/mol. The highest BCUT2D eigenvalue weighted by Gasteiger charge is 2.18. The zero-order chi connectivity index (χ0) is 30.0. The Kier molecular flexibility index (Phi) is 9.32. The van der Waals surface area contributed by atoms with Gasteiger partial charge in [0.15, 0.2) is 6.10 Å². The Bertz CT molecular complexity index is 1770. The van der Waals surface area contributed by atoms with Gasteiger partial charge in [0.25, 0.3) is 5.69 Å². The van der Waals surface area contributed by atoms with E-state index in [4.69, 9.17) is 9.47 Å². The third-order valence-electron chi connectivity index (χ3n) is 6.91. The van der Waals surface area contributed by atoms with E-state index in [1.54, 1.807) is 0 Å². The van der Waals surface area contributed by atoms with Crippen molar-refractivity contribution in [3.8, 4) is 40.6 Å². The summed E-state index contributed by atoms with van der Waals surface area (Å²) in [6.07, 6.45) is 1.43. The van der Waals surface area contributed by atoms with Crippen LogP contribution in [0.15, 0.2) is 109 Å². The molecule has 6 nitrogen and oxygen atoms in total. The van der Waals surface area contributed by atoms with Crippen LogP contribution in [0.5, 0.6) is 5.75 Å². The highest BCUT2D eigenvalue weighted by atomic mass is 16.6. The lowest BCUT2D eigenvalue weighted by Gasteiger charge is -2.11. The number of non-ortho nitro benzene ring substituents is 1. The monoisotopic (exact) mass is 567 g/mol. The van der Waals surface area contributed by atoms with Gasteiger partial charge in [0, 0.05) is 37.0 Å². The van der Waals surface area contributed by atoms with Gasteiger partial charge in [-0.1, -0.05) is 78.8 Å². The molecular weight excluding hydrogens is 538 g/mol. The second-order valence-electron chi connectivity index (χ2n) is 10.1. The molecule has 4 aromatic carbocycles. The summed E-state index contributed by atoms with van der Waals surface area (Å²) in [6, 6.07) is 29.5. The molecule has 0 N–H and O–H groups in total. The smallest absolute Gasteiger partial charge is 0.339 e. The van der Waals surface area contributed by atoms with Gasteiger partial charge in [-0.25, -0.2) is 4.79 Å². The number of nitrogens with zero attached hydrogens (tertiary/aromatic N) is 1. The molecule has 0 saturated heterocycles. The Morgan fingerprint density at radius 2 is 1.65 bits per heavy atom. The maximum Gasteiger partial charge on any atom is 0.339 e. The lowest BCUT2D eigenvalue weighted by molar-refractivity contribution is -0.384. The van der Waals surface area contributed by atoms with Gasteiger partial charge in [0.05, 0.1) is 10.5 Å². The number of fused-ring (bicyclic) bond motifs is 3. The highest BCUT2D eigenvalue weighted by Crippen LogP contribution is 2.36. The SMILES string of the molecule is C=C(CC#CC(CCC#Cc1ccc2c(c1)Cc1ccccc1-2)OC(=O)c1ccc([N+](=O)[O-])cc1)COc1ccccc1. The van der Waals surface area contributed by atoms with E-state index in [1.807, 2.05) is 36.4 Å². The minimum absolute atomic E-state index is 0.102. The molecule has 0 amide bonds. The summed E-state index contributed by atoms with van der Waals surface area (Å²) in [7, 11) is 0. The summed E-state index contributed by atoms with van der Waals surface area (Å²) in [6.45, 7) is 4.35. The molecule has 0 spiro atoms. The number of rotatable bonds is 9. The molecule has 0 aliphatic heterocycles. The van der Waals surface area contributed by atoms with Crippen molar-refractivity contribution in [2.45, 2.75) is 31.8 Å². The Labute approximate surface area is 251 Å². The summed E-state index contributed by atoms with van der Waals surface area (Å²) in [5, 5.41) is 11.0. The first-order chi connectivity index (χ1) is 21.0. The summed E-state index contributed by atoms with van der Waals surface area (Å²) in [5.74, 6) is 12.7. The van der Waals surface area contributed by atoms with Gasteiger partial charge >= 0.3 is 5.97 Å². The number of benzene rings is 4. The summed E-state index contributed by atoms with van der Waals surface area (Å²) in [5.41, 5.74) is 6.96. The van der Waals surface area contributed by atoms with Crippen LogP contribution in [-0.2, 0) is 11.2 Å². The second-order valence-corrected chi connectivity index (χ2v) is 10.1. The molecule has 1 aliphatic carbocycles. The Balaban J connectivity index is 1.22. The van der Waals surface area contributed by atoms with Crippen LogP contribution in [0, 0.1) is 33.8 Å². The topological polar surface area (TPSA) is 78.7 Å². The molecule has 0 radical (unpaired) electrons. The van der Waals surface area contributed by atoms with E-state index in [-0.39, 0.29) is 11.3 Å². The van der Waals surface area contributed by atoms with Crippen molar-refractivity contribution in [3.05, 3.63) is 142 Å². The zero-order valence-corrected chi connectivity index (χ0v) is 23.5. The standard InChI is InChI=1S/C37H29NO5/c1-27(26-42-33-13-3-2-4-14-33)10-9-16-34(43-37(39)29-19-21-32(22-20-29)38(40)41)15-7-5-11-28-18-23-36-31(24-28)25-30-12-6-8-17-35(30)36/h2-4,6,8,12-14,17-24,34H,1,7,10,15,25-26H2. The average molecular weight is 568 g/mol. The van der Waals surface area contributed by atoms with Crippen LogP contribution in [0.3, 0.4) is 0 Å². The van der Waals surface area contributed by atoms with Crippen molar-refractivity contribution in [2.24, 2.45) is 0 Å². The summed E-state index contributed by atoms with van der Waals surface area (Å²) < 4.78 is 11.4. The van der Waals surface area contributed by atoms with Crippen molar-refractivity contribution in [2.75, 3.05) is 6.61 Å². The van der Waals surface area contributed by atoms with E-state index < -0.39 is 17.0 Å². The second kappa shape index (κ2) is 13.9. The predicted octanol–water partition coefficient (Wildman–Crippen LogP) is 7.55. The lowest BCUT2D eigenvalue weighted by Crippen LogP contribution is -2.17. The van der Waals surface area contributed by atoms with Crippen LogP contribution in [0.2, 0.25) is 0 Å². The first kappa shape index (κ1) is 28.9. The Morgan fingerprint density at radius 3 is 2.44 bits per heavy atom. The third kappa shape index (κ3) is 7.79. The molecule has 1 unspecified atom stereocenters. The normalized spacial score (nSPS) is 11.4. The Morgan fingerprint density at radius 1 is 0.907 bits per heavy atom. The molecule has 5 rings (SSSR count). The zero-order valence-electron chi connectivity index (χ0n) is 23.5. The van der Waals surface area contributed by atoms with Gasteiger partial charge in [0.2, 0.25) is 0 Å². The molecule has 6 heteroatoms. The molecule has 0 heterocycles. The molecule has 0 saturated carbocycles. The molecule has 0 aromatic heterocycles. The third-order valence-corrected chi connectivity index (χ3v) is 6.91. The van der Waals surface area contributed by atoms with Crippen LogP contribution in [-0.4, -0.2) is 23.6 Å². The fourth-order valence-electron chi connectivity index (χ4n) is 4.71. The molecule has 1 aliphatic rings. The van der Waals surface area contributed by atoms with Crippen molar-refractivity contribution in [3.63, 3.8) is 0 Å². The van der Waals surface area contributed by atoms with E-state index in [2.05, 4.69) is 66.7 Å². The van der Waals surface area contributed by atoms with Crippen molar-refractivity contribution < 1.29 is 19.2 Å². The number of ether oxygens (including phenoxy) is 2. The average Bonchev–Trinajstić information content (AvgIpc) is 3.40. The number of nitro groups is 1. The van der Waals surface area contributed by atoms with Crippen molar-refractivity contribution in [1.29, 1.82) is 0 Å². The van der Waals surface area contributed by atoms with Gasteiger partial charge < -0.3 is 9.47 Å². The quantitative estimate of drug-likeness (QED) is 0.0604. The molecular formula is C37H29NO5. The maximum atomic E-state index is 12.8. The van der Waals surface area contributed by atoms with E-state index in [9.17, 15) is 14.9 Å². The highest BCUT2D eigenvalue weighted by molar-refractivity contribution is 5.89. The largest absolute Gasteiger partial charge is 0.489 e. The van der Waals surface area contributed by atoms with Gasteiger partial charge in [-0.2, -0.15) is 0 Å². The van der Waals surface area contributed by atoms with E-state index in [1.165, 1.54) is 46.5 Å². The maximum absolute atomic E-state index is 12.8. The molecule has 0 bridgehead atoms. The number of carbonyl (C=O) groups is 1. The minimum Gasteiger partial charge on any atom is -0.489 e. The first-order valence-corrected chi connectivity index (χ1v) is 13.9. The minimum atomic E-state index is -0.714. The van der Waals surface area contributed by atoms with E-state index >= 15 is 0 Å². The van der Waals surface area contributed by atoms with Crippen LogP contribution < -0.4 is 4.74 Å². The molecule has 1 atom stereocenters. The van der Waals surface area contributed by atoms with Gasteiger partial charge in [-0.3, -0.25) is 10.1 Å². The van der Waals surface area contributed by atoms with E-state index in [0.717, 1.165) is 23.3 Å². The Hall–Kier alpha value is -5.59. The van der Waals surface area contributed by atoms with Crippen LogP contribution in [0.25, 0.3) is 11.1 Å². The number of hydrogen-bond acceptors (Lipinski definition) is 5. The van der Waals surface area contributed by atoms with Crippen LogP contribution >= 0.6 is 0 Å². The fourth-order valence-corrected chi connectivity index (χ4v) is 4.71. The molecule has 43 heavy (non-hydrogen) atoms. The number of nitro benzene ring substituents is 1. The number of para-hydroxylation sites is 1. The van der Waals surface area contributed by atoms with Crippen molar-refractivity contribution in [1.82, 2.24) is 0 Å². The van der Waals surface area contributed by atoms with Crippen molar-refractivity contribution >= 4 is 11.7 Å². The summed E-state index contributed by atoms with van der Waals surface area (Å²) >= 11 is 0. The van der Waals surface area contributed by atoms with E-state index in [0.29, 0.717) is 25.9 Å². The number of hydrogen-bond donors (Lipinski definition) is 0. The van der Waals surface area contributed by atoms with Gasteiger partial charge in [0.1, 0.15) is 12.4 Å². The molecule has 0 fully saturated rings. The number of carbonyl (C=O) groups excluding carboxylic acids is 1. The van der Waals surface area contributed by atoms with Gasteiger partial charge in [-0.15, -0.1) is 0 Å². The lowest BCUT2D eigenvalue weighted by atomic mass is 10.0. The molecule has 212 valence electrons. The number of esters is 1. The summed E-state index contributed by atoms with van der Waals surface area (Å²) in [4.78, 5) is 23.3. The van der Waals surface area contributed by atoms with Gasteiger partial charge in [-0.05, 0) is 70.6 Å². The fraction of sp³-hybridized carbons (Fsp3) is 0.162. The van der Waals surface area contributed by atoms with Crippen LogP contribution in [0.4, 0.5) is 5.69 Å². The van der Waals surface area contributed by atoms with Crippen LogP contribution in [0.1, 0.15) is 46.3 Å². The molecule has 4 aromatic rings.